The molecule has 1 aromatic heterocycles. The van der Waals surface area contributed by atoms with Gasteiger partial charge in [-0.2, -0.15) is 0 Å². The van der Waals surface area contributed by atoms with Crippen molar-refractivity contribution in [2.24, 2.45) is 0 Å². The first-order valence-electron chi connectivity index (χ1n) is 16.1. The highest BCUT2D eigenvalue weighted by Gasteiger charge is 2.50. The Balaban J connectivity index is 1.19. The molecule has 10 rings (SSSR count). The summed E-state index contributed by atoms with van der Waals surface area (Å²) in [5, 5.41) is 3.56. The molecule has 47 heavy (non-hydrogen) atoms. The van der Waals surface area contributed by atoms with Gasteiger partial charge >= 0.3 is 0 Å². The number of benzene rings is 7. The van der Waals surface area contributed by atoms with Crippen molar-refractivity contribution in [1.82, 2.24) is 4.98 Å². The van der Waals surface area contributed by atoms with Gasteiger partial charge in [-0.15, -0.1) is 0 Å². The van der Waals surface area contributed by atoms with Crippen molar-refractivity contribution >= 4 is 38.7 Å². The molecule has 2 aliphatic heterocycles. The highest BCUT2D eigenvalue weighted by Crippen LogP contribution is 2.62. The summed E-state index contributed by atoms with van der Waals surface area (Å²) in [7, 11) is 0. The molecular weight excluding hydrogens is 572 g/mol. The average molecular weight is 601 g/mol. The normalized spacial score (nSPS) is 13.8. The quantitative estimate of drug-likeness (QED) is 0.185. The summed E-state index contributed by atoms with van der Waals surface area (Å²) in [5.74, 6) is 1.78. The van der Waals surface area contributed by atoms with Crippen LogP contribution >= 0.6 is 0 Å². The fraction of sp³-hybridized carbons (Fsp3) is 0.0227. The number of rotatable bonds is 2. The topological polar surface area (TPSA) is 25.4 Å². The van der Waals surface area contributed by atoms with Gasteiger partial charge in [-0.1, -0.05) is 127 Å². The summed E-state index contributed by atoms with van der Waals surface area (Å²) in [4.78, 5) is 7.57. The van der Waals surface area contributed by atoms with E-state index < -0.39 is 5.41 Å². The van der Waals surface area contributed by atoms with Gasteiger partial charge in [0.05, 0.1) is 28.0 Å². The Hall–Kier alpha value is -6.19. The lowest BCUT2D eigenvalue weighted by Crippen LogP contribution is -2.39. The second-order valence-corrected chi connectivity index (χ2v) is 12.3. The first-order valence-corrected chi connectivity index (χ1v) is 16.1. The van der Waals surface area contributed by atoms with Crippen LogP contribution in [0.2, 0.25) is 0 Å². The van der Waals surface area contributed by atoms with E-state index >= 15 is 0 Å². The molecule has 220 valence electrons. The van der Waals surface area contributed by atoms with Gasteiger partial charge in [0, 0.05) is 33.2 Å². The van der Waals surface area contributed by atoms with Crippen molar-refractivity contribution < 1.29 is 4.74 Å². The van der Waals surface area contributed by atoms with Crippen LogP contribution in [0.15, 0.2) is 170 Å². The molecular formula is C44H28N2O. The molecule has 1 spiro atoms. The van der Waals surface area contributed by atoms with Crippen LogP contribution in [-0.2, 0) is 5.41 Å². The molecule has 7 aromatic carbocycles. The van der Waals surface area contributed by atoms with Crippen molar-refractivity contribution in [3.63, 3.8) is 0 Å². The number of anilines is 3. The molecule has 3 heteroatoms. The van der Waals surface area contributed by atoms with E-state index in [9.17, 15) is 0 Å². The number of para-hydroxylation sites is 5. The van der Waals surface area contributed by atoms with Crippen molar-refractivity contribution in [3.05, 3.63) is 192 Å². The number of aromatic nitrogens is 1. The summed E-state index contributed by atoms with van der Waals surface area (Å²) in [5.41, 5.74) is 10.7. The highest BCUT2D eigenvalue weighted by molar-refractivity contribution is 6.10. The number of ether oxygens (including phenoxy) is 1. The summed E-state index contributed by atoms with van der Waals surface area (Å²) in [6, 6.07) is 60.6. The Labute approximate surface area is 273 Å². The lowest BCUT2D eigenvalue weighted by molar-refractivity contribution is 0.434. The molecule has 0 aliphatic carbocycles. The van der Waals surface area contributed by atoms with Crippen LogP contribution in [0.1, 0.15) is 22.3 Å². The zero-order valence-electron chi connectivity index (χ0n) is 25.5. The van der Waals surface area contributed by atoms with Crippen molar-refractivity contribution in [2.45, 2.75) is 5.41 Å². The third-order valence-corrected chi connectivity index (χ3v) is 9.91. The van der Waals surface area contributed by atoms with E-state index in [0.717, 1.165) is 61.8 Å². The van der Waals surface area contributed by atoms with Gasteiger partial charge in [0.25, 0.3) is 0 Å². The molecule has 0 bridgehead atoms. The monoisotopic (exact) mass is 600 g/mol. The second kappa shape index (κ2) is 9.90. The van der Waals surface area contributed by atoms with E-state index in [-0.39, 0.29) is 0 Å². The fourth-order valence-electron chi connectivity index (χ4n) is 7.99. The number of hydrogen-bond donors (Lipinski definition) is 0. The van der Waals surface area contributed by atoms with Crippen LogP contribution in [0.5, 0.6) is 11.5 Å². The highest BCUT2D eigenvalue weighted by atomic mass is 16.5. The Bertz CT molecular complexity index is 2420. The average Bonchev–Trinajstić information content (AvgIpc) is 3.15. The van der Waals surface area contributed by atoms with Crippen molar-refractivity contribution in [1.29, 1.82) is 0 Å². The van der Waals surface area contributed by atoms with E-state index in [1.54, 1.807) is 0 Å². The van der Waals surface area contributed by atoms with E-state index in [0.29, 0.717) is 0 Å². The smallest absolute Gasteiger partial charge is 0.132 e. The molecule has 0 radical (unpaired) electrons. The third-order valence-electron chi connectivity index (χ3n) is 9.91. The van der Waals surface area contributed by atoms with Crippen LogP contribution in [0, 0.1) is 0 Å². The summed E-state index contributed by atoms with van der Waals surface area (Å²) >= 11 is 0. The summed E-state index contributed by atoms with van der Waals surface area (Å²) < 4.78 is 6.54. The van der Waals surface area contributed by atoms with Gasteiger partial charge < -0.3 is 9.64 Å². The largest absolute Gasteiger partial charge is 0.457 e. The fourth-order valence-corrected chi connectivity index (χ4v) is 7.99. The van der Waals surface area contributed by atoms with Crippen LogP contribution in [-0.4, -0.2) is 4.98 Å². The number of pyridine rings is 1. The van der Waals surface area contributed by atoms with Crippen LogP contribution in [0.4, 0.5) is 17.1 Å². The Morgan fingerprint density at radius 2 is 0.915 bits per heavy atom. The Morgan fingerprint density at radius 1 is 0.426 bits per heavy atom. The van der Waals surface area contributed by atoms with Gasteiger partial charge in [-0.05, 0) is 59.0 Å². The molecule has 0 amide bonds. The van der Waals surface area contributed by atoms with Crippen LogP contribution in [0.25, 0.3) is 32.9 Å². The summed E-state index contributed by atoms with van der Waals surface area (Å²) in [6.07, 6.45) is 0. The SMILES string of the molecule is c1ccc2c(c1)Oc1ccccc1C21c2ccccc2N(c2ccc(-c3nc4ccccc4c4ccccc34)cc2)c2ccccc21. The molecule has 0 atom stereocenters. The minimum Gasteiger partial charge on any atom is -0.457 e. The molecule has 0 fully saturated rings. The second-order valence-electron chi connectivity index (χ2n) is 12.3. The molecule has 2 aliphatic rings. The molecule has 3 heterocycles. The maximum absolute atomic E-state index is 6.54. The molecule has 0 N–H and O–H groups in total. The van der Waals surface area contributed by atoms with Crippen molar-refractivity contribution in [3.8, 4) is 22.8 Å². The van der Waals surface area contributed by atoms with Gasteiger partial charge in [-0.25, -0.2) is 4.98 Å². The van der Waals surface area contributed by atoms with Gasteiger partial charge in [-0.3, -0.25) is 0 Å². The van der Waals surface area contributed by atoms with Gasteiger partial charge in [0.1, 0.15) is 11.5 Å². The minimum atomic E-state index is -0.539. The Kier molecular flexibility index (Phi) is 5.49. The van der Waals surface area contributed by atoms with Crippen LogP contribution < -0.4 is 9.64 Å². The van der Waals surface area contributed by atoms with E-state index in [4.69, 9.17) is 9.72 Å². The standard InChI is InChI=1S/C44H28N2O/c1-2-15-33-31(13-1)32-14-3-8-20-38(32)45-43(33)29-25-27-30(28-26-29)46-39-21-9-4-16-34(39)44(35-17-5-10-22-40(35)46)36-18-6-11-23-41(36)47-42-24-12-7-19-37(42)44/h1-28H. The molecule has 0 unspecified atom stereocenters. The number of fused-ring (bicyclic) bond motifs is 11. The minimum absolute atomic E-state index is 0.539. The molecule has 0 saturated heterocycles. The van der Waals surface area contributed by atoms with Crippen LogP contribution in [0.3, 0.4) is 0 Å². The third kappa shape index (κ3) is 3.60. The predicted octanol–water partition coefficient (Wildman–Crippen LogP) is 11.3. The summed E-state index contributed by atoms with van der Waals surface area (Å²) in [6.45, 7) is 0. The Morgan fingerprint density at radius 3 is 1.55 bits per heavy atom. The van der Waals surface area contributed by atoms with E-state index in [2.05, 4.69) is 175 Å². The predicted molar refractivity (Wildman–Crippen MR) is 191 cm³/mol. The zero-order valence-corrected chi connectivity index (χ0v) is 25.5. The van der Waals surface area contributed by atoms with E-state index in [1.165, 1.54) is 21.9 Å². The van der Waals surface area contributed by atoms with E-state index in [1.807, 2.05) is 0 Å². The van der Waals surface area contributed by atoms with Gasteiger partial charge in [0.2, 0.25) is 0 Å². The molecule has 3 nitrogen and oxygen atoms in total. The lowest BCUT2D eigenvalue weighted by atomic mass is 9.61. The first kappa shape index (κ1) is 26.1. The van der Waals surface area contributed by atoms with Gasteiger partial charge in [0.15, 0.2) is 0 Å². The number of nitrogens with zero attached hydrogens (tertiary/aromatic N) is 2. The first-order chi connectivity index (χ1) is 23.3. The molecule has 0 saturated carbocycles. The maximum atomic E-state index is 6.54. The lowest BCUT2D eigenvalue weighted by Gasteiger charge is -2.48. The number of hydrogen-bond acceptors (Lipinski definition) is 3. The van der Waals surface area contributed by atoms with Crippen molar-refractivity contribution in [2.75, 3.05) is 4.90 Å². The maximum Gasteiger partial charge on any atom is 0.132 e. The zero-order chi connectivity index (χ0) is 31.0. The molecule has 8 aromatic rings.